The Kier molecular flexibility index (Phi) is 5.69. The van der Waals surface area contributed by atoms with Crippen LogP contribution in [0.2, 0.25) is 0 Å². The first-order chi connectivity index (χ1) is 12.9. The number of nitrogens with one attached hydrogen (secondary N) is 1. The fraction of sp³-hybridized carbons (Fsp3) is 0.333. The molecule has 4 rings (SSSR count). The molecular formula is C21H24N4S. The van der Waals surface area contributed by atoms with Crippen molar-refractivity contribution in [3.63, 3.8) is 0 Å². The van der Waals surface area contributed by atoms with Crippen molar-refractivity contribution in [1.82, 2.24) is 20.2 Å². The molecule has 3 heterocycles. The lowest BCUT2D eigenvalue weighted by Gasteiger charge is -2.32. The number of rotatable bonds is 6. The van der Waals surface area contributed by atoms with Crippen molar-refractivity contribution < 1.29 is 0 Å². The predicted molar refractivity (Wildman–Crippen MR) is 107 cm³/mol. The highest BCUT2D eigenvalue weighted by molar-refractivity contribution is 7.09. The number of piperidine rings is 1. The van der Waals surface area contributed by atoms with Gasteiger partial charge in [-0.25, -0.2) is 4.98 Å². The second-order valence-electron chi connectivity index (χ2n) is 6.77. The van der Waals surface area contributed by atoms with Crippen molar-refractivity contribution in [2.24, 2.45) is 0 Å². The first-order valence-corrected chi connectivity index (χ1v) is 10.1. The fourth-order valence-corrected chi connectivity index (χ4v) is 4.21. The number of nitrogens with zero attached hydrogens (tertiary/aromatic N) is 3. The van der Waals surface area contributed by atoms with Crippen LogP contribution >= 0.6 is 11.3 Å². The van der Waals surface area contributed by atoms with Crippen LogP contribution in [-0.2, 0) is 13.1 Å². The SMILES string of the molecule is c1ccc(-c2csc(CNC3CCCN(Cc4ccccn4)C3)n2)cc1. The minimum Gasteiger partial charge on any atom is -0.306 e. The summed E-state index contributed by atoms with van der Waals surface area (Å²) in [6, 6.07) is 17.1. The Morgan fingerprint density at radius 3 is 2.85 bits per heavy atom. The first-order valence-electron chi connectivity index (χ1n) is 9.22. The zero-order chi connectivity index (χ0) is 17.6. The molecule has 1 N–H and O–H groups in total. The van der Waals surface area contributed by atoms with Gasteiger partial charge < -0.3 is 5.32 Å². The van der Waals surface area contributed by atoms with E-state index in [-0.39, 0.29) is 0 Å². The summed E-state index contributed by atoms with van der Waals surface area (Å²) in [5.41, 5.74) is 3.42. The quantitative estimate of drug-likeness (QED) is 0.719. The number of hydrogen-bond acceptors (Lipinski definition) is 5. The first kappa shape index (κ1) is 17.3. The number of aromatic nitrogens is 2. The third kappa shape index (κ3) is 4.55. The molecule has 0 bridgehead atoms. The predicted octanol–water partition coefficient (Wildman–Crippen LogP) is 3.96. The average molecular weight is 365 g/mol. The molecule has 134 valence electrons. The second-order valence-corrected chi connectivity index (χ2v) is 7.71. The number of pyridine rings is 1. The van der Waals surface area contributed by atoms with Gasteiger partial charge in [-0.2, -0.15) is 0 Å². The van der Waals surface area contributed by atoms with Crippen molar-refractivity contribution in [3.05, 3.63) is 70.8 Å². The molecule has 26 heavy (non-hydrogen) atoms. The molecule has 0 aliphatic carbocycles. The van der Waals surface area contributed by atoms with Gasteiger partial charge in [0.15, 0.2) is 0 Å². The lowest BCUT2D eigenvalue weighted by Crippen LogP contribution is -2.45. The van der Waals surface area contributed by atoms with Gasteiger partial charge in [0, 0.05) is 42.8 Å². The summed E-state index contributed by atoms with van der Waals surface area (Å²) in [7, 11) is 0. The van der Waals surface area contributed by atoms with Gasteiger partial charge in [-0.05, 0) is 31.5 Å². The Hall–Kier alpha value is -2.08. The molecule has 1 atom stereocenters. The van der Waals surface area contributed by atoms with Gasteiger partial charge in [-0.1, -0.05) is 36.4 Å². The third-order valence-electron chi connectivity index (χ3n) is 4.78. The maximum absolute atomic E-state index is 4.78. The van der Waals surface area contributed by atoms with E-state index in [1.54, 1.807) is 11.3 Å². The van der Waals surface area contributed by atoms with Crippen LogP contribution in [0.3, 0.4) is 0 Å². The highest BCUT2D eigenvalue weighted by Crippen LogP contribution is 2.22. The summed E-state index contributed by atoms with van der Waals surface area (Å²) >= 11 is 1.74. The van der Waals surface area contributed by atoms with Crippen LogP contribution in [0.4, 0.5) is 0 Å². The topological polar surface area (TPSA) is 41.0 Å². The fourth-order valence-electron chi connectivity index (χ4n) is 3.45. The highest BCUT2D eigenvalue weighted by Gasteiger charge is 2.20. The van der Waals surface area contributed by atoms with E-state index in [1.807, 2.05) is 18.3 Å². The van der Waals surface area contributed by atoms with Crippen molar-refractivity contribution in [3.8, 4) is 11.3 Å². The van der Waals surface area contributed by atoms with Gasteiger partial charge in [-0.3, -0.25) is 9.88 Å². The van der Waals surface area contributed by atoms with E-state index in [4.69, 9.17) is 4.98 Å². The number of benzene rings is 1. The minimum absolute atomic E-state index is 0.525. The molecule has 0 amide bonds. The molecule has 3 aromatic rings. The molecular weight excluding hydrogens is 340 g/mol. The highest BCUT2D eigenvalue weighted by atomic mass is 32.1. The van der Waals surface area contributed by atoms with Crippen molar-refractivity contribution >= 4 is 11.3 Å². The standard InChI is InChI=1S/C21H24N4S/c1-2-7-17(8-3-1)20-16-26-21(24-20)13-23-19-10-6-12-25(15-19)14-18-9-4-5-11-22-18/h1-5,7-9,11,16,19,23H,6,10,12-15H2. The van der Waals surface area contributed by atoms with E-state index in [9.17, 15) is 0 Å². The smallest absolute Gasteiger partial charge is 0.107 e. The van der Waals surface area contributed by atoms with Gasteiger partial charge in [0.05, 0.1) is 11.4 Å². The van der Waals surface area contributed by atoms with E-state index in [2.05, 4.69) is 57.0 Å². The van der Waals surface area contributed by atoms with Crippen molar-refractivity contribution in [2.45, 2.75) is 32.0 Å². The molecule has 5 heteroatoms. The Morgan fingerprint density at radius 2 is 2.00 bits per heavy atom. The van der Waals surface area contributed by atoms with Crippen LogP contribution in [0, 0.1) is 0 Å². The summed E-state index contributed by atoms with van der Waals surface area (Å²) in [6.07, 6.45) is 4.34. The van der Waals surface area contributed by atoms with Crippen LogP contribution in [-0.4, -0.2) is 34.0 Å². The molecule has 1 unspecified atom stereocenters. The van der Waals surface area contributed by atoms with Crippen LogP contribution in [0.25, 0.3) is 11.3 Å². The van der Waals surface area contributed by atoms with Crippen molar-refractivity contribution in [2.75, 3.05) is 13.1 Å². The van der Waals surface area contributed by atoms with Crippen LogP contribution in [0.15, 0.2) is 60.1 Å². The van der Waals surface area contributed by atoms with E-state index < -0.39 is 0 Å². The molecule has 4 nitrogen and oxygen atoms in total. The summed E-state index contributed by atoms with van der Waals surface area (Å²) in [6.45, 7) is 4.02. The summed E-state index contributed by atoms with van der Waals surface area (Å²) in [5.74, 6) is 0. The van der Waals surface area contributed by atoms with Crippen LogP contribution < -0.4 is 5.32 Å². The Labute approximate surface area is 158 Å². The number of likely N-dealkylation sites (tertiary alicyclic amines) is 1. The molecule has 1 aliphatic rings. The van der Waals surface area contributed by atoms with Crippen LogP contribution in [0.5, 0.6) is 0 Å². The zero-order valence-electron chi connectivity index (χ0n) is 14.8. The van der Waals surface area contributed by atoms with E-state index >= 15 is 0 Å². The minimum atomic E-state index is 0.525. The number of hydrogen-bond donors (Lipinski definition) is 1. The summed E-state index contributed by atoms with van der Waals surface area (Å²) in [5, 5.41) is 7.02. The van der Waals surface area contributed by atoms with Gasteiger partial charge in [0.2, 0.25) is 0 Å². The summed E-state index contributed by atoms with van der Waals surface area (Å²) < 4.78 is 0. The molecule has 1 saturated heterocycles. The van der Waals surface area contributed by atoms with Gasteiger partial charge >= 0.3 is 0 Å². The van der Waals surface area contributed by atoms with Gasteiger partial charge in [0.1, 0.15) is 5.01 Å². The molecule has 1 aliphatic heterocycles. The maximum atomic E-state index is 4.78. The molecule has 0 saturated carbocycles. The summed E-state index contributed by atoms with van der Waals surface area (Å²) in [4.78, 5) is 11.7. The molecule has 0 radical (unpaired) electrons. The monoisotopic (exact) mass is 364 g/mol. The Morgan fingerprint density at radius 1 is 1.12 bits per heavy atom. The van der Waals surface area contributed by atoms with E-state index in [0.717, 1.165) is 42.6 Å². The lowest BCUT2D eigenvalue weighted by atomic mass is 10.1. The van der Waals surface area contributed by atoms with Crippen LogP contribution in [0.1, 0.15) is 23.5 Å². The molecule has 1 aromatic carbocycles. The average Bonchev–Trinajstić information content (AvgIpc) is 3.17. The zero-order valence-corrected chi connectivity index (χ0v) is 15.7. The third-order valence-corrected chi connectivity index (χ3v) is 5.63. The van der Waals surface area contributed by atoms with Gasteiger partial charge in [-0.15, -0.1) is 11.3 Å². The van der Waals surface area contributed by atoms with Crippen molar-refractivity contribution in [1.29, 1.82) is 0 Å². The molecule has 0 spiro atoms. The van der Waals surface area contributed by atoms with E-state index in [0.29, 0.717) is 6.04 Å². The van der Waals surface area contributed by atoms with Gasteiger partial charge in [0.25, 0.3) is 0 Å². The molecule has 2 aromatic heterocycles. The lowest BCUT2D eigenvalue weighted by molar-refractivity contribution is 0.181. The number of thiazole rings is 1. The Bertz CT molecular complexity index is 803. The maximum Gasteiger partial charge on any atom is 0.107 e. The largest absolute Gasteiger partial charge is 0.306 e. The normalized spacial score (nSPS) is 18.1. The Balaban J connectivity index is 1.30. The van der Waals surface area contributed by atoms with E-state index in [1.165, 1.54) is 18.4 Å². The second kappa shape index (κ2) is 8.54. The molecule has 1 fully saturated rings.